The van der Waals surface area contributed by atoms with Crippen LogP contribution in [0.2, 0.25) is 10.0 Å². The van der Waals surface area contributed by atoms with Gasteiger partial charge in [0.1, 0.15) is 10.8 Å². The van der Waals surface area contributed by atoms with Crippen LogP contribution in [-0.2, 0) is 6.18 Å². The van der Waals surface area contributed by atoms with E-state index in [0.717, 1.165) is 16.9 Å². The Kier molecular flexibility index (Phi) is 6.29. The highest BCUT2D eigenvalue weighted by Crippen LogP contribution is 2.28. The smallest absolute Gasteiger partial charge is 0.381 e. The molecule has 0 aliphatic carbocycles. The number of aromatic nitrogens is 3. The predicted octanol–water partition coefficient (Wildman–Crippen LogP) is 4.48. The van der Waals surface area contributed by atoms with Gasteiger partial charge in [-0.2, -0.15) is 23.0 Å². The number of pyridine rings is 1. The summed E-state index contributed by atoms with van der Waals surface area (Å²) in [6, 6.07) is 8.73. The molecule has 29 heavy (non-hydrogen) atoms. The molecule has 6 nitrogen and oxygen atoms in total. The summed E-state index contributed by atoms with van der Waals surface area (Å²) >= 11 is 12.0. The van der Waals surface area contributed by atoms with E-state index in [4.69, 9.17) is 23.2 Å². The fourth-order valence-electron chi connectivity index (χ4n) is 2.38. The van der Waals surface area contributed by atoms with E-state index in [1.165, 1.54) is 12.3 Å². The van der Waals surface area contributed by atoms with Gasteiger partial charge in [0.05, 0.1) is 23.1 Å². The molecule has 2 N–H and O–H groups in total. The number of hydrogen-bond donors (Lipinski definition) is 2. The quantitative estimate of drug-likeness (QED) is 0.549. The van der Waals surface area contributed by atoms with Crippen molar-refractivity contribution < 1.29 is 13.2 Å². The number of hydrogen-bond acceptors (Lipinski definition) is 5. The van der Waals surface area contributed by atoms with Gasteiger partial charge in [-0.15, -0.1) is 0 Å². The maximum Gasteiger partial charge on any atom is 0.417 e. The highest BCUT2D eigenvalue weighted by Gasteiger charge is 2.30. The molecule has 0 amide bonds. The lowest BCUT2D eigenvalue weighted by molar-refractivity contribution is -0.137. The third-order valence-corrected chi connectivity index (χ3v) is 4.44. The summed E-state index contributed by atoms with van der Waals surface area (Å²) in [5.41, 5.74) is -0.469. The minimum atomic E-state index is -4.43. The summed E-state index contributed by atoms with van der Waals surface area (Å²) in [5.74, 6) is 0.294. The van der Waals surface area contributed by atoms with Crippen LogP contribution in [0.1, 0.15) is 5.56 Å². The van der Waals surface area contributed by atoms with Crippen LogP contribution >= 0.6 is 23.2 Å². The lowest BCUT2D eigenvalue weighted by atomic mass is 10.3. The first-order chi connectivity index (χ1) is 13.8. The van der Waals surface area contributed by atoms with Crippen molar-refractivity contribution in [1.29, 1.82) is 0 Å². The maximum absolute atomic E-state index is 12.5. The zero-order chi connectivity index (χ0) is 21.0. The van der Waals surface area contributed by atoms with Crippen molar-refractivity contribution in [3.63, 3.8) is 0 Å². The molecule has 0 bridgehead atoms. The SMILES string of the molecule is O=c1c(Cl)c(NCCNc2ccc(C(F)(F)F)cn2)cnn1-c1ccc(Cl)cc1. The molecule has 1 aromatic carbocycles. The van der Waals surface area contributed by atoms with Gasteiger partial charge in [-0.1, -0.05) is 23.2 Å². The number of anilines is 2. The largest absolute Gasteiger partial charge is 0.417 e. The molecule has 0 aliphatic heterocycles. The van der Waals surface area contributed by atoms with Crippen LogP contribution in [0, 0.1) is 0 Å². The Hall–Kier alpha value is -2.78. The molecule has 0 atom stereocenters. The summed E-state index contributed by atoms with van der Waals surface area (Å²) in [5, 5.41) is 10.4. The standard InChI is InChI=1S/C18H14Cl2F3N5O/c19-12-2-4-13(5-3-12)28-17(29)16(20)14(10-27-28)24-7-8-25-15-6-1-11(9-26-15)18(21,22)23/h1-6,9-10,24H,7-8H2,(H,25,26). The average molecular weight is 444 g/mol. The van der Waals surface area contributed by atoms with Gasteiger partial charge < -0.3 is 10.6 Å². The van der Waals surface area contributed by atoms with E-state index >= 15 is 0 Å². The average Bonchev–Trinajstić information content (AvgIpc) is 2.69. The first kappa shape index (κ1) is 20.9. The fourth-order valence-corrected chi connectivity index (χ4v) is 2.70. The molecular weight excluding hydrogens is 430 g/mol. The Morgan fingerprint density at radius 1 is 0.966 bits per heavy atom. The number of rotatable bonds is 6. The Morgan fingerprint density at radius 2 is 1.66 bits per heavy atom. The van der Waals surface area contributed by atoms with Crippen molar-refractivity contribution in [2.75, 3.05) is 23.7 Å². The van der Waals surface area contributed by atoms with E-state index in [1.54, 1.807) is 24.3 Å². The third kappa shape index (κ3) is 5.18. The minimum Gasteiger partial charge on any atom is -0.381 e. The van der Waals surface area contributed by atoms with Crippen LogP contribution in [0.15, 0.2) is 53.6 Å². The number of benzene rings is 1. The van der Waals surface area contributed by atoms with Crippen LogP contribution in [-0.4, -0.2) is 27.9 Å². The second kappa shape index (κ2) is 8.71. The zero-order valence-corrected chi connectivity index (χ0v) is 16.2. The minimum absolute atomic E-state index is 0.0393. The molecule has 0 saturated carbocycles. The van der Waals surface area contributed by atoms with Crippen LogP contribution in [0.25, 0.3) is 5.69 Å². The number of nitrogens with one attached hydrogen (secondary N) is 2. The molecule has 0 unspecified atom stereocenters. The molecule has 3 rings (SSSR count). The lowest BCUT2D eigenvalue weighted by Gasteiger charge is -2.11. The summed E-state index contributed by atoms with van der Waals surface area (Å²) in [4.78, 5) is 16.1. The van der Waals surface area contributed by atoms with Crippen LogP contribution in [0.5, 0.6) is 0 Å². The van der Waals surface area contributed by atoms with Crippen LogP contribution in [0.3, 0.4) is 0 Å². The van der Waals surface area contributed by atoms with Gasteiger partial charge in [0, 0.05) is 24.3 Å². The van der Waals surface area contributed by atoms with Crippen molar-refractivity contribution in [1.82, 2.24) is 14.8 Å². The number of alkyl halides is 3. The molecular formula is C18H14Cl2F3N5O. The van der Waals surface area contributed by atoms with E-state index in [-0.39, 0.29) is 5.02 Å². The van der Waals surface area contributed by atoms with E-state index in [1.807, 2.05) is 0 Å². The molecule has 2 heterocycles. The second-order valence-electron chi connectivity index (χ2n) is 5.85. The summed E-state index contributed by atoms with van der Waals surface area (Å²) in [6.45, 7) is 0.656. The first-order valence-electron chi connectivity index (χ1n) is 8.30. The molecule has 0 radical (unpaired) electrons. The van der Waals surface area contributed by atoms with Gasteiger partial charge in [0.2, 0.25) is 0 Å². The van der Waals surface area contributed by atoms with Crippen molar-refractivity contribution in [2.45, 2.75) is 6.18 Å². The van der Waals surface area contributed by atoms with E-state index < -0.39 is 17.3 Å². The van der Waals surface area contributed by atoms with E-state index in [0.29, 0.717) is 35.3 Å². The van der Waals surface area contributed by atoms with Crippen LogP contribution < -0.4 is 16.2 Å². The molecule has 2 aromatic heterocycles. The monoisotopic (exact) mass is 443 g/mol. The maximum atomic E-state index is 12.5. The Morgan fingerprint density at radius 3 is 2.28 bits per heavy atom. The Balaban J connectivity index is 1.59. The molecule has 11 heteroatoms. The summed E-state index contributed by atoms with van der Waals surface area (Å²) in [7, 11) is 0. The number of halogens is 5. The summed E-state index contributed by atoms with van der Waals surface area (Å²) < 4.78 is 38.7. The van der Waals surface area contributed by atoms with E-state index in [9.17, 15) is 18.0 Å². The Bertz CT molecular complexity index is 1040. The molecule has 0 saturated heterocycles. The fraction of sp³-hybridized carbons (Fsp3) is 0.167. The molecule has 0 aliphatic rings. The van der Waals surface area contributed by atoms with Crippen molar-refractivity contribution in [3.8, 4) is 5.69 Å². The zero-order valence-electron chi connectivity index (χ0n) is 14.7. The highest BCUT2D eigenvalue weighted by atomic mass is 35.5. The lowest BCUT2D eigenvalue weighted by Crippen LogP contribution is -2.23. The van der Waals surface area contributed by atoms with Crippen molar-refractivity contribution in [3.05, 3.63) is 74.8 Å². The normalized spacial score (nSPS) is 11.3. The van der Waals surface area contributed by atoms with Gasteiger partial charge in [-0.05, 0) is 36.4 Å². The van der Waals surface area contributed by atoms with E-state index in [2.05, 4.69) is 20.7 Å². The summed E-state index contributed by atoms with van der Waals surface area (Å²) in [6.07, 6.45) is -2.26. The topological polar surface area (TPSA) is 71.8 Å². The molecule has 0 fully saturated rings. The Labute approximate surface area is 173 Å². The van der Waals surface area contributed by atoms with Gasteiger partial charge in [-0.25, -0.2) is 4.98 Å². The van der Waals surface area contributed by atoms with Crippen molar-refractivity contribution >= 4 is 34.7 Å². The predicted molar refractivity (Wildman–Crippen MR) is 106 cm³/mol. The molecule has 3 aromatic rings. The van der Waals surface area contributed by atoms with Gasteiger partial charge in [-0.3, -0.25) is 4.79 Å². The molecule has 152 valence electrons. The number of nitrogens with zero attached hydrogens (tertiary/aromatic N) is 3. The van der Waals surface area contributed by atoms with Crippen LogP contribution in [0.4, 0.5) is 24.7 Å². The van der Waals surface area contributed by atoms with Gasteiger partial charge in [0.25, 0.3) is 5.56 Å². The van der Waals surface area contributed by atoms with Gasteiger partial charge >= 0.3 is 6.18 Å². The third-order valence-electron chi connectivity index (χ3n) is 3.83. The van der Waals surface area contributed by atoms with Crippen molar-refractivity contribution in [2.24, 2.45) is 0 Å². The molecule has 0 spiro atoms. The first-order valence-corrected chi connectivity index (χ1v) is 9.06. The van der Waals surface area contributed by atoms with Gasteiger partial charge in [0.15, 0.2) is 0 Å². The second-order valence-corrected chi connectivity index (χ2v) is 6.66. The highest BCUT2D eigenvalue weighted by molar-refractivity contribution is 6.33.